The van der Waals surface area contributed by atoms with Gasteiger partial charge in [-0.3, -0.25) is 5.32 Å². The van der Waals surface area contributed by atoms with Crippen LogP contribution in [0.1, 0.15) is 45.4 Å². The minimum absolute atomic E-state index is 0.428. The maximum Gasteiger partial charge on any atom is 0.409 e. The Labute approximate surface area is 91.0 Å². The maximum absolute atomic E-state index is 11.1. The molecule has 0 aromatic carbocycles. The Morgan fingerprint density at radius 2 is 2.33 bits per heavy atom. The van der Waals surface area contributed by atoms with Crippen LogP contribution in [0.5, 0.6) is 0 Å². The third-order valence-electron chi connectivity index (χ3n) is 2.56. The Bertz CT molecular complexity index is 192. The lowest BCUT2D eigenvalue weighted by molar-refractivity contribution is 0.0914. The first-order valence-electron chi connectivity index (χ1n) is 5.83. The molecular weight excluding hydrogens is 194 g/mol. The van der Waals surface area contributed by atoms with Gasteiger partial charge in [0.05, 0.1) is 6.61 Å². The van der Waals surface area contributed by atoms with Crippen LogP contribution in [0, 0.1) is 5.92 Å². The van der Waals surface area contributed by atoms with Crippen LogP contribution >= 0.6 is 0 Å². The molecule has 4 heteroatoms. The molecule has 0 aliphatic heterocycles. The van der Waals surface area contributed by atoms with Crippen molar-refractivity contribution in [2.24, 2.45) is 5.92 Å². The molecule has 0 aromatic heterocycles. The first-order valence-corrected chi connectivity index (χ1v) is 5.83. The van der Waals surface area contributed by atoms with Gasteiger partial charge in [0.1, 0.15) is 6.23 Å². The third-order valence-corrected chi connectivity index (χ3v) is 2.56. The standard InChI is InChI=1S/C11H21NO3/c1-2-3-8-15-11(14)12-10(13)7-6-9-4-5-9/h9-10,13H,2-8H2,1H3,(H,12,14). The predicted octanol–water partition coefficient (Wildman–Crippen LogP) is 2.02. The summed E-state index contributed by atoms with van der Waals surface area (Å²) in [6, 6.07) is 0. The van der Waals surface area contributed by atoms with Crippen LogP contribution in [-0.2, 0) is 4.74 Å². The van der Waals surface area contributed by atoms with E-state index in [0.717, 1.165) is 25.2 Å². The van der Waals surface area contributed by atoms with Crippen molar-refractivity contribution in [1.82, 2.24) is 5.32 Å². The summed E-state index contributed by atoms with van der Waals surface area (Å²) in [6.45, 7) is 2.46. The van der Waals surface area contributed by atoms with Crippen LogP contribution < -0.4 is 5.32 Å². The highest BCUT2D eigenvalue weighted by Gasteiger charge is 2.22. The third kappa shape index (κ3) is 6.33. The molecule has 1 atom stereocenters. The van der Waals surface area contributed by atoms with E-state index >= 15 is 0 Å². The van der Waals surface area contributed by atoms with Crippen molar-refractivity contribution in [2.45, 2.75) is 51.7 Å². The Morgan fingerprint density at radius 3 is 2.93 bits per heavy atom. The number of aliphatic hydroxyl groups excluding tert-OH is 1. The molecule has 88 valence electrons. The van der Waals surface area contributed by atoms with E-state index < -0.39 is 12.3 Å². The van der Waals surface area contributed by atoms with Crippen LogP contribution in [0.2, 0.25) is 0 Å². The fourth-order valence-electron chi connectivity index (χ4n) is 1.36. The lowest BCUT2D eigenvalue weighted by Crippen LogP contribution is -2.35. The normalized spacial score (nSPS) is 17.2. The van der Waals surface area contributed by atoms with Gasteiger partial charge in [0.25, 0.3) is 0 Å². The van der Waals surface area contributed by atoms with E-state index in [1.54, 1.807) is 0 Å². The molecule has 0 heterocycles. The van der Waals surface area contributed by atoms with Gasteiger partial charge in [-0.15, -0.1) is 0 Å². The highest BCUT2D eigenvalue weighted by Crippen LogP contribution is 2.33. The number of rotatable bonds is 7. The molecule has 1 saturated carbocycles. The lowest BCUT2D eigenvalue weighted by atomic mass is 10.2. The second-order valence-electron chi connectivity index (χ2n) is 4.17. The first kappa shape index (κ1) is 12.3. The summed E-state index contributed by atoms with van der Waals surface area (Å²) in [4.78, 5) is 11.1. The van der Waals surface area contributed by atoms with Gasteiger partial charge >= 0.3 is 6.09 Å². The van der Waals surface area contributed by atoms with Crippen molar-refractivity contribution in [3.05, 3.63) is 0 Å². The van der Waals surface area contributed by atoms with Gasteiger partial charge in [0, 0.05) is 0 Å². The molecule has 4 nitrogen and oxygen atoms in total. The molecule has 1 rings (SSSR count). The molecule has 2 N–H and O–H groups in total. The smallest absolute Gasteiger partial charge is 0.409 e. The number of nitrogens with one attached hydrogen (secondary N) is 1. The second kappa shape index (κ2) is 6.67. The quantitative estimate of drug-likeness (QED) is 0.504. The summed E-state index contributed by atoms with van der Waals surface area (Å²) in [6.07, 6.45) is 4.78. The molecule has 1 fully saturated rings. The van der Waals surface area contributed by atoms with Crippen molar-refractivity contribution in [3.8, 4) is 0 Å². The number of hydrogen-bond donors (Lipinski definition) is 2. The van der Waals surface area contributed by atoms with Crippen molar-refractivity contribution < 1.29 is 14.6 Å². The van der Waals surface area contributed by atoms with Crippen molar-refractivity contribution in [1.29, 1.82) is 0 Å². The van der Waals surface area contributed by atoms with E-state index in [0.29, 0.717) is 13.0 Å². The van der Waals surface area contributed by atoms with E-state index in [9.17, 15) is 9.90 Å². The molecule has 1 unspecified atom stereocenters. The minimum Gasteiger partial charge on any atom is -0.450 e. The van der Waals surface area contributed by atoms with E-state index in [-0.39, 0.29) is 0 Å². The van der Waals surface area contributed by atoms with Gasteiger partial charge in [-0.2, -0.15) is 0 Å². The molecule has 0 aromatic rings. The van der Waals surface area contributed by atoms with Crippen LogP contribution in [0.25, 0.3) is 0 Å². The number of alkyl carbamates (subject to hydrolysis) is 1. The Hall–Kier alpha value is -0.770. The van der Waals surface area contributed by atoms with E-state index in [1.165, 1.54) is 12.8 Å². The number of aliphatic hydroxyl groups is 1. The Balaban J connectivity index is 1.96. The molecule has 0 saturated heterocycles. The van der Waals surface area contributed by atoms with Crippen LogP contribution in [0.4, 0.5) is 4.79 Å². The number of ether oxygens (including phenoxy) is 1. The number of amides is 1. The van der Waals surface area contributed by atoms with Crippen LogP contribution in [0.3, 0.4) is 0 Å². The monoisotopic (exact) mass is 215 g/mol. The minimum atomic E-state index is -0.750. The van der Waals surface area contributed by atoms with Crippen molar-refractivity contribution in [3.63, 3.8) is 0 Å². The van der Waals surface area contributed by atoms with Gasteiger partial charge < -0.3 is 9.84 Å². The predicted molar refractivity (Wildman–Crippen MR) is 57.4 cm³/mol. The molecule has 0 radical (unpaired) electrons. The number of carbonyl (C=O) groups is 1. The average molecular weight is 215 g/mol. The van der Waals surface area contributed by atoms with Crippen LogP contribution in [-0.4, -0.2) is 24.0 Å². The van der Waals surface area contributed by atoms with E-state index in [4.69, 9.17) is 4.74 Å². The molecule has 0 spiro atoms. The van der Waals surface area contributed by atoms with Gasteiger partial charge in [0.2, 0.25) is 0 Å². The first-order chi connectivity index (χ1) is 7.22. The molecular formula is C11H21NO3. The summed E-state index contributed by atoms with van der Waals surface area (Å²) >= 11 is 0. The van der Waals surface area contributed by atoms with E-state index in [1.807, 2.05) is 6.92 Å². The van der Waals surface area contributed by atoms with Gasteiger partial charge in [-0.25, -0.2) is 4.79 Å². The SMILES string of the molecule is CCCCOC(=O)NC(O)CCC1CC1. The molecule has 1 aliphatic carbocycles. The summed E-state index contributed by atoms with van der Waals surface area (Å²) < 4.78 is 4.87. The average Bonchev–Trinajstić information content (AvgIpc) is 2.98. The summed E-state index contributed by atoms with van der Waals surface area (Å²) in [7, 11) is 0. The van der Waals surface area contributed by atoms with E-state index in [2.05, 4.69) is 5.32 Å². The molecule has 0 bridgehead atoms. The fourth-order valence-corrected chi connectivity index (χ4v) is 1.36. The Morgan fingerprint density at radius 1 is 1.60 bits per heavy atom. The Kier molecular flexibility index (Phi) is 5.47. The fraction of sp³-hybridized carbons (Fsp3) is 0.909. The van der Waals surface area contributed by atoms with Crippen molar-refractivity contribution in [2.75, 3.05) is 6.61 Å². The summed E-state index contributed by atoms with van der Waals surface area (Å²) in [5, 5.41) is 11.9. The van der Waals surface area contributed by atoms with Gasteiger partial charge in [-0.1, -0.05) is 26.2 Å². The van der Waals surface area contributed by atoms with Gasteiger partial charge in [0.15, 0.2) is 0 Å². The summed E-state index contributed by atoms with van der Waals surface area (Å²) in [5.74, 6) is 0.776. The van der Waals surface area contributed by atoms with Crippen LogP contribution in [0.15, 0.2) is 0 Å². The van der Waals surface area contributed by atoms with Gasteiger partial charge in [-0.05, 0) is 25.2 Å². The number of hydrogen-bond acceptors (Lipinski definition) is 3. The lowest BCUT2D eigenvalue weighted by Gasteiger charge is -2.12. The zero-order valence-electron chi connectivity index (χ0n) is 9.37. The topological polar surface area (TPSA) is 58.6 Å². The highest BCUT2D eigenvalue weighted by atomic mass is 16.5. The zero-order valence-corrected chi connectivity index (χ0v) is 9.37. The van der Waals surface area contributed by atoms with Crippen molar-refractivity contribution >= 4 is 6.09 Å². The number of unbranched alkanes of at least 4 members (excludes halogenated alkanes) is 1. The zero-order chi connectivity index (χ0) is 11.1. The molecule has 1 aliphatic rings. The summed E-state index contributed by atoms with van der Waals surface area (Å²) in [5.41, 5.74) is 0. The molecule has 1 amide bonds. The molecule has 15 heavy (non-hydrogen) atoms. The largest absolute Gasteiger partial charge is 0.450 e. The number of carbonyl (C=O) groups excluding carboxylic acids is 1. The highest BCUT2D eigenvalue weighted by molar-refractivity contribution is 5.67. The maximum atomic E-state index is 11.1. The second-order valence-corrected chi connectivity index (χ2v) is 4.17.